The van der Waals surface area contributed by atoms with Crippen molar-refractivity contribution < 1.29 is 0 Å². The predicted octanol–water partition coefficient (Wildman–Crippen LogP) is 2.80. The Labute approximate surface area is 163 Å². The maximum absolute atomic E-state index is 4.49. The van der Waals surface area contributed by atoms with Crippen molar-refractivity contribution in [1.82, 2.24) is 30.1 Å². The molecule has 0 spiro atoms. The van der Waals surface area contributed by atoms with Crippen LogP contribution < -0.4 is 4.90 Å². The first-order chi connectivity index (χ1) is 13.0. The summed E-state index contributed by atoms with van der Waals surface area (Å²) < 4.78 is 1.96. The van der Waals surface area contributed by atoms with E-state index < -0.39 is 0 Å². The van der Waals surface area contributed by atoms with Gasteiger partial charge < -0.3 is 4.90 Å². The molecule has 0 bridgehead atoms. The molecule has 7 nitrogen and oxygen atoms in total. The minimum atomic E-state index is -0.163. The summed E-state index contributed by atoms with van der Waals surface area (Å²) in [6.45, 7) is 10.2. The highest BCUT2D eigenvalue weighted by molar-refractivity contribution is 7.10. The summed E-state index contributed by atoms with van der Waals surface area (Å²) in [5, 5.41) is 14.8. The molecule has 1 aliphatic heterocycles. The fourth-order valence-corrected chi connectivity index (χ4v) is 4.36. The first kappa shape index (κ1) is 18.1. The Morgan fingerprint density at radius 3 is 2.48 bits per heavy atom. The Morgan fingerprint density at radius 1 is 1.04 bits per heavy atom. The lowest BCUT2D eigenvalue weighted by atomic mass is 10.1. The van der Waals surface area contributed by atoms with Crippen LogP contribution in [0.5, 0.6) is 0 Å². The molecule has 0 amide bonds. The van der Waals surface area contributed by atoms with E-state index in [0.29, 0.717) is 0 Å². The topological polar surface area (TPSA) is 63.0 Å². The lowest BCUT2D eigenvalue weighted by Gasteiger charge is -2.39. The van der Waals surface area contributed by atoms with E-state index in [4.69, 9.17) is 0 Å². The van der Waals surface area contributed by atoms with Gasteiger partial charge in [-0.05, 0) is 54.8 Å². The van der Waals surface area contributed by atoms with Gasteiger partial charge in [-0.15, -0.1) is 16.4 Å². The third kappa shape index (κ3) is 3.72. The molecule has 4 rings (SSSR count). The van der Waals surface area contributed by atoms with E-state index in [9.17, 15) is 0 Å². The Kier molecular flexibility index (Phi) is 4.92. The van der Waals surface area contributed by atoms with Gasteiger partial charge in [0.15, 0.2) is 5.82 Å². The number of hydrogen-bond acceptors (Lipinski definition) is 7. The highest BCUT2D eigenvalue weighted by atomic mass is 32.1. The zero-order valence-corrected chi connectivity index (χ0v) is 16.8. The minimum absolute atomic E-state index is 0.0742. The molecule has 1 aliphatic rings. The Morgan fingerprint density at radius 2 is 1.85 bits per heavy atom. The zero-order valence-electron chi connectivity index (χ0n) is 16.0. The van der Waals surface area contributed by atoms with Gasteiger partial charge in [-0.1, -0.05) is 12.1 Å². The zero-order chi connectivity index (χ0) is 18.9. The third-order valence-corrected chi connectivity index (χ3v) is 5.76. The highest BCUT2D eigenvalue weighted by Crippen LogP contribution is 2.33. The monoisotopic (exact) mass is 383 g/mol. The molecule has 3 aromatic heterocycles. The van der Waals surface area contributed by atoms with Crippen molar-refractivity contribution in [3.05, 3.63) is 52.6 Å². The number of aromatic nitrogens is 5. The largest absolute Gasteiger partial charge is 0.354 e. The Hall–Kier alpha value is -2.32. The number of anilines is 1. The van der Waals surface area contributed by atoms with Crippen molar-refractivity contribution in [2.24, 2.45) is 0 Å². The molecule has 0 radical (unpaired) electrons. The molecule has 0 saturated carbocycles. The van der Waals surface area contributed by atoms with Crippen LogP contribution in [0.2, 0.25) is 0 Å². The van der Waals surface area contributed by atoms with Gasteiger partial charge in [-0.25, -0.2) is 9.67 Å². The fraction of sp³-hybridized carbons (Fsp3) is 0.474. The molecule has 1 fully saturated rings. The van der Waals surface area contributed by atoms with Gasteiger partial charge in [0.05, 0.1) is 5.54 Å². The maximum atomic E-state index is 4.49. The fourth-order valence-electron chi connectivity index (χ4n) is 3.51. The molecular weight excluding hydrogens is 358 g/mol. The second kappa shape index (κ2) is 7.36. The van der Waals surface area contributed by atoms with Gasteiger partial charge in [0, 0.05) is 37.3 Å². The molecule has 4 heterocycles. The summed E-state index contributed by atoms with van der Waals surface area (Å²) >= 11 is 1.76. The number of hydrogen-bond donors (Lipinski definition) is 0. The number of tetrazole rings is 1. The van der Waals surface area contributed by atoms with Crippen molar-refractivity contribution in [2.75, 3.05) is 31.1 Å². The molecule has 142 valence electrons. The molecule has 0 aliphatic carbocycles. The number of piperazine rings is 1. The van der Waals surface area contributed by atoms with Crippen LogP contribution in [-0.4, -0.2) is 56.3 Å². The molecule has 1 saturated heterocycles. The van der Waals surface area contributed by atoms with Gasteiger partial charge in [-0.3, -0.25) is 4.90 Å². The molecule has 0 N–H and O–H groups in total. The summed E-state index contributed by atoms with van der Waals surface area (Å²) in [6.07, 6.45) is 1.85. The molecule has 0 aromatic carbocycles. The molecule has 8 heteroatoms. The molecule has 1 unspecified atom stereocenters. The van der Waals surface area contributed by atoms with Crippen LogP contribution in [0.1, 0.15) is 37.5 Å². The number of rotatable bonds is 4. The van der Waals surface area contributed by atoms with Crippen molar-refractivity contribution in [2.45, 2.75) is 32.4 Å². The predicted molar refractivity (Wildman–Crippen MR) is 107 cm³/mol. The third-order valence-electron chi connectivity index (χ3n) is 4.84. The van der Waals surface area contributed by atoms with Crippen LogP contribution in [0.3, 0.4) is 0 Å². The Balaban J connectivity index is 1.60. The SMILES string of the molecule is CC(C)(C)n1nnnc1C(c1cccs1)N1CCN(c2ccccn2)CC1. The van der Waals surface area contributed by atoms with Gasteiger partial charge in [0.2, 0.25) is 0 Å². The molecular formula is C19H25N7S. The van der Waals surface area contributed by atoms with Crippen LogP contribution in [0.15, 0.2) is 41.9 Å². The van der Waals surface area contributed by atoms with E-state index >= 15 is 0 Å². The molecule has 27 heavy (non-hydrogen) atoms. The van der Waals surface area contributed by atoms with E-state index in [1.807, 2.05) is 23.0 Å². The standard InChI is InChI=1S/C19H25N7S/c1-19(2,3)26-18(21-22-23-26)17(15-7-6-14-27-15)25-12-10-24(11-13-25)16-8-4-5-9-20-16/h4-9,14,17H,10-13H2,1-3H3. The van der Waals surface area contributed by atoms with Crippen LogP contribution in [0.25, 0.3) is 0 Å². The van der Waals surface area contributed by atoms with E-state index in [1.165, 1.54) is 4.88 Å². The summed E-state index contributed by atoms with van der Waals surface area (Å²) in [5.41, 5.74) is -0.163. The van der Waals surface area contributed by atoms with Crippen molar-refractivity contribution in [1.29, 1.82) is 0 Å². The highest BCUT2D eigenvalue weighted by Gasteiger charge is 2.33. The number of pyridine rings is 1. The van der Waals surface area contributed by atoms with Gasteiger partial charge in [0.1, 0.15) is 11.9 Å². The van der Waals surface area contributed by atoms with Crippen LogP contribution in [0, 0.1) is 0 Å². The first-order valence-electron chi connectivity index (χ1n) is 9.26. The minimum Gasteiger partial charge on any atom is -0.354 e. The van der Waals surface area contributed by atoms with Crippen LogP contribution in [0.4, 0.5) is 5.82 Å². The van der Waals surface area contributed by atoms with Crippen molar-refractivity contribution in [3.63, 3.8) is 0 Å². The second-order valence-electron chi connectivity index (χ2n) is 7.75. The molecule has 1 atom stereocenters. The van der Waals surface area contributed by atoms with Gasteiger partial charge in [-0.2, -0.15) is 0 Å². The van der Waals surface area contributed by atoms with Crippen molar-refractivity contribution in [3.8, 4) is 0 Å². The average molecular weight is 384 g/mol. The second-order valence-corrected chi connectivity index (χ2v) is 8.73. The van der Waals surface area contributed by atoms with Crippen LogP contribution >= 0.6 is 11.3 Å². The lowest BCUT2D eigenvalue weighted by Crippen LogP contribution is -2.48. The maximum Gasteiger partial charge on any atom is 0.174 e. The number of nitrogens with zero attached hydrogens (tertiary/aromatic N) is 7. The lowest BCUT2D eigenvalue weighted by molar-refractivity contribution is 0.193. The van der Waals surface area contributed by atoms with Gasteiger partial charge >= 0.3 is 0 Å². The normalized spacial score (nSPS) is 17.2. The Bertz CT molecular complexity index is 846. The van der Waals surface area contributed by atoms with E-state index in [1.54, 1.807) is 11.3 Å². The van der Waals surface area contributed by atoms with Crippen molar-refractivity contribution >= 4 is 17.2 Å². The number of thiophene rings is 1. The smallest absolute Gasteiger partial charge is 0.174 e. The first-order valence-corrected chi connectivity index (χ1v) is 10.1. The summed E-state index contributed by atoms with van der Waals surface area (Å²) in [4.78, 5) is 10.6. The van der Waals surface area contributed by atoms with E-state index in [-0.39, 0.29) is 11.6 Å². The van der Waals surface area contributed by atoms with E-state index in [0.717, 1.165) is 37.8 Å². The quantitative estimate of drug-likeness (QED) is 0.690. The van der Waals surface area contributed by atoms with E-state index in [2.05, 4.69) is 74.7 Å². The van der Waals surface area contributed by atoms with Crippen LogP contribution in [-0.2, 0) is 5.54 Å². The summed E-state index contributed by atoms with van der Waals surface area (Å²) in [5.74, 6) is 1.96. The van der Waals surface area contributed by atoms with Gasteiger partial charge in [0.25, 0.3) is 0 Å². The summed E-state index contributed by atoms with van der Waals surface area (Å²) in [6, 6.07) is 10.4. The average Bonchev–Trinajstić information content (AvgIpc) is 3.36. The summed E-state index contributed by atoms with van der Waals surface area (Å²) in [7, 11) is 0. The molecule has 3 aromatic rings.